The first-order valence-corrected chi connectivity index (χ1v) is 13.0. The zero-order valence-electron chi connectivity index (χ0n) is 20.2. The molecule has 0 bridgehead atoms. The molecule has 1 unspecified atom stereocenters. The van der Waals surface area contributed by atoms with Gasteiger partial charge in [0.15, 0.2) is 0 Å². The maximum absolute atomic E-state index is 13.3. The van der Waals surface area contributed by atoms with E-state index in [1.54, 1.807) is 7.11 Å². The highest BCUT2D eigenvalue weighted by atomic mass is 32.2. The molecule has 0 aliphatic carbocycles. The number of nitrogens with two attached hydrogens (primary N) is 1. The third-order valence-corrected chi connectivity index (χ3v) is 8.41. The zero-order valence-corrected chi connectivity index (χ0v) is 21.0. The molecule has 1 fully saturated rings. The van der Waals surface area contributed by atoms with Crippen LogP contribution < -0.4 is 10.5 Å². The lowest BCUT2D eigenvalue weighted by Gasteiger charge is -2.38. The predicted octanol–water partition coefficient (Wildman–Crippen LogP) is 5.12. The molecule has 1 saturated heterocycles. The summed E-state index contributed by atoms with van der Waals surface area (Å²) in [5, 5.41) is 0. The smallest absolute Gasteiger partial charge is 0.233 e. The van der Waals surface area contributed by atoms with Crippen LogP contribution in [-0.4, -0.2) is 49.9 Å². The first-order valence-electron chi connectivity index (χ1n) is 12.0. The highest BCUT2D eigenvalue weighted by Crippen LogP contribution is 2.45. The summed E-state index contributed by atoms with van der Waals surface area (Å²) in [5.74, 6) is 1.87. The van der Waals surface area contributed by atoms with Crippen molar-refractivity contribution in [2.75, 3.05) is 39.5 Å². The Kier molecular flexibility index (Phi) is 7.64. The summed E-state index contributed by atoms with van der Waals surface area (Å²) in [6.45, 7) is 3.10. The summed E-state index contributed by atoms with van der Waals surface area (Å²) in [6.07, 6.45) is 2.11. The minimum absolute atomic E-state index is 0.161. The lowest BCUT2D eigenvalue weighted by molar-refractivity contribution is -0.899. The van der Waals surface area contributed by atoms with E-state index in [9.17, 15) is 4.79 Å². The second-order valence-corrected chi connectivity index (χ2v) is 10.7. The Bertz CT molecular complexity index is 1030. The maximum atomic E-state index is 13.3. The minimum atomic E-state index is -0.809. The number of hydrogen-bond acceptors (Lipinski definition) is 3. The second-order valence-electron chi connectivity index (χ2n) is 9.52. The first kappa shape index (κ1) is 24.4. The molecule has 2 N–H and O–H groups in total. The number of hydrogen-bond donors (Lipinski definition) is 1. The van der Waals surface area contributed by atoms with Crippen LogP contribution in [0, 0.1) is 5.92 Å². The number of nitrogens with zero attached hydrogens (tertiary/aromatic N) is 1. The number of carbonyl (C=O) groups is 1. The lowest BCUT2D eigenvalue weighted by atomic mass is 9.64. The summed E-state index contributed by atoms with van der Waals surface area (Å²) in [5.41, 5.74) is 7.45. The van der Waals surface area contributed by atoms with Crippen LogP contribution in [0.4, 0.5) is 0 Å². The topological polar surface area (TPSA) is 52.3 Å². The largest absolute Gasteiger partial charge is 0.497 e. The molecular formula is C29H35N2O2S+. The van der Waals surface area contributed by atoms with E-state index in [0.717, 1.165) is 59.6 Å². The summed E-state index contributed by atoms with van der Waals surface area (Å²) in [7, 11) is 4.03. The van der Waals surface area contributed by atoms with Crippen molar-refractivity contribution in [2.24, 2.45) is 11.7 Å². The van der Waals surface area contributed by atoms with Gasteiger partial charge in [0.25, 0.3) is 0 Å². The Morgan fingerprint density at radius 2 is 1.59 bits per heavy atom. The fourth-order valence-corrected chi connectivity index (χ4v) is 6.41. The molecule has 1 aliphatic heterocycles. The maximum Gasteiger partial charge on any atom is 0.233 e. The van der Waals surface area contributed by atoms with Crippen LogP contribution in [0.15, 0.2) is 89.8 Å². The molecule has 34 heavy (non-hydrogen) atoms. The normalized spacial score (nSPS) is 20.2. The lowest BCUT2D eigenvalue weighted by Crippen LogP contribution is -2.51. The van der Waals surface area contributed by atoms with E-state index < -0.39 is 5.41 Å². The number of quaternary nitrogens is 1. The van der Waals surface area contributed by atoms with E-state index >= 15 is 0 Å². The van der Waals surface area contributed by atoms with Crippen molar-refractivity contribution >= 4 is 17.7 Å². The van der Waals surface area contributed by atoms with Crippen molar-refractivity contribution < 1.29 is 14.0 Å². The van der Waals surface area contributed by atoms with Crippen LogP contribution in [-0.2, 0) is 10.2 Å². The number of amides is 1. The van der Waals surface area contributed by atoms with Crippen molar-refractivity contribution in [2.45, 2.75) is 23.2 Å². The Labute approximate surface area is 207 Å². The molecule has 0 aromatic heterocycles. The quantitative estimate of drug-likeness (QED) is 0.252. The molecule has 0 radical (unpaired) electrons. The van der Waals surface area contributed by atoms with Gasteiger partial charge in [0, 0.05) is 29.4 Å². The van der Waals surface area contributed by atoms with Gasteiger partial charge in [0.1, 0.15) is 11.2 Å². The third kappa shape index (κ3) is 5.01. The molecule has 2 atom stereocenters. The van der Waals surface area contributed by atoms with Gasteiger partial charge in [-0.3, -0.25) is 4.79 Å². The van der Waals surface area contributed by atoms with E-state index in [0.29, 0.717) is 0 Å². The van der Waals surface area contributed by atoms with Gasteiger partial charge in [-0.25, -0.2) is 0 Å². The van der Waals surface area contributed by atoms with Gasteiger partial charge >= 0.3 is 0 Å². The van der Waals surface area contributed by atoms with Gasteiger partial charge in [0.05, 0.1) is 33.8 Å². The van der Waals surface area contributed by atoms with Crippen LogP contribution in [0.2, 0.25) is 0 Å². The Balaban J connectivity index is 1.48. The molecule has 0 saturated carbocycles. The van der Waals surface area contributed by atoms with Crippen molar-refractivity contribution in [3.63, 3.8) is 0 Å². The van der Waals surface area contributed by atoms with E-state index in [-0.39, 0.29) is 11.8 Å². The fourth-order valence-electron chi connectivity index (χ4n) is 5.57. The summed E-state index contributed by atoms with van der Waals surface area (Å²) in [6, 6.07) is 28.5. The van der Waals surface area contributed by atoms with Crippen molar-refractivity contribution in [3.8, 4) is 5.75 Å². The molecule has 178 valence electrons. The van der Waals surface area contributed by atoms with Gasteiger partial charge in [-0.1, -0.05) is 60.7 Å². The highest BCUT2D eigenvalue weighted by Gasteiger charge is 2.53. The number of primary amides is 1. The summed E-state index contributed by atoms with van der Waals surface area (Å²) in [4.78, 5) is 14.6. The SMILES string of the molecule is COc1ccc(SCCC[N+]2(C)CC[C@@H](C(C(N)=O)(c3ccccc3)c3ccccc3)C2)cc1. The van der Waals surface area contributed by atoms with Gasteiger partial charge < -0.3 is 15.0 Å². The van der Waals surface area contributed by atoms with E-state index in [2.05, 4.69) is 43.4 Å². The van der Waals surface area contributed by atoms with Gasteiger partial charge in [0.2, 0.25) is 5.91 Å². The molecule has 1 heterocycles. The number of likely N-dealkylation sites (tertiary alicyclic amines) is 1. The molecule has 3 aromatic carbocycles. The van der Waals surface area contributed by atoms with Crippen molar-refractivity contribution in [1.82, 2.24) is 0 Å². The molecule has 5 heteroatoms. The number of benzene rings is 3. The number of methoxy groups -OCH3 is 1. The van der Waals surface area contributed by atoms with Crippen LogP contribution >= 0.6 is 11.8 Å². The fraction of sp³-hybridized carbons (Fsp3) is 0.345. The molecule has 4 nitrogen and oxygen atoms in total. The Morgan fingerprint density at radius 1 is 1.00 bits per heavy atom. The number of ether oxygens (including phenoxy) is 1. The molecule has 3 aromatic rings. The van der Waals surface area contributed by atoms with Crippen molar-refractivity contribution in [1.29, 1.82) is 0 Å². The van der Waals surface area contributed by atoms with Crippen LogP contribution in [0.1, 0.15) is 24.0 Å². The Hall–Kier alpha value is -2.76. The predicted molar refractivity (Wildman–Crippen MR) is 140 cm³/mol. The minimum Gasteiger partial charge on any atom is -0.497 e. The Morgan fingerprint density at radius 3 is 2.12 bits per heavy atom. The average Bonchev–Trinajstić information content (AvgIpc) is 3.26. The van der Waals surface area contributed by atoms with E-state index in [1.807, 2.05) is 60.3 Å². The van der Waals surface area contributed by atoms with Gasteiger partial charge in [-0.15, -0.1) is 11.8 Å². The summed E-state index contributed by atoms with van der Waals surface area (Å²) < 4.78 is 6.22. The highest BCUT2D eigenvalue weighted by molar-refractivity contribution is 7.99. The number of carbonyl (C=O) groups excluding carboxylic acids is 1. The number of thioether (sulfide) groups is 1. The van der Waals surface area contributed by atoms with Crippen LogP contribution in [0.5, 0.6) is 5.75 Å². The molecule has 1 aliphatic rings. The average molecular weight is 476 g/mol. The van der Waals surface area contributed by atoms with Gasteiger partial charge in [-0.2, -0.15) is 0 Å². The number of rotatable bonds is 10. The monoisotopic (exact) mass is 475 g/mol. The zero-order chi connectivity index (χ0) is 24.0. The standard InChI is InChI=1S/C29H34N2O2S/c1-31(19-9-21-34-27-16-14-26(33-2)15-17-27)20-18-25(22-31)29(28(30)32,23-10-5-3-6-11-23)24-12-7-4-8-13-24/h3-8,10-17,25H,9,18-22H2,1-2H3,(H-,30,32)/p+1/t25-,31?/m1/s1. The molecule has 1 amide bonds. The molecule has 0 spiro atoms. The molecular weight excluding hydrogens is 440 g/mol. The first-order chi connectivity index (χ1) is 16.5. The van der Waals surface area contributed by atoms with Crippen LogP contribution in [0.3, 0.4) is 0 Å². The van der Waals surface area contributed by atoms with Crippen molar-refractivity contribution in [3.05, 3.63) is 96.1 Å². The van der Waals surface area contributed by atoms with Gasteiger partial charge in [-0.05, 0) is 35.4 Å². The second kappa shape index (κ2) is 10.7. The third-order valence-electron chi connectivity index (χ3n) is 7.31. The molecule has 4 rings (SSSR count). The summed E-state index contributed by atoms with van der Waals surface area (Å²) >= 11 is 1.89. The van der Waals surface area contributed by atoms with E-state index in [1.165, 1.54) is 4.90 Å². The van der Waals surface area contributed by atoms with E-state index in [4.69, 9.17) is 10.5 Å². The van der Waals surface area contributed by atoms with Crippen LogP contribution in [0.25, 0.3) is 0 Å².